The summed E-state index contributed by atoms with van der Waals surface area (Å²) >= 11 is 0. The molecule has 19 heavy (non-hydrogen) atoms. The molecule has 96 valence electrons. The fourth-order valence-corrected chi connectivity index (χ4v) is 2.06. The van der Waals surface area contributed by atoms with Gasteiger partial charge in [0.2, 0.25) is 5.91 Å². The zero-order chi connectivity index (χ0) is 13.6. The molecule has 0 spiro atoms. The van der Waals surface area contributed by atoms with Gasteiger partial charge in [-0.3, -0.25) is 14.9 Å². The number of aromatic nitrogens is 2. The predicted octanol–water partition coefficient (Wildman–Crippen LogP) is -0.0274. The highest BCUT2D eigenvalue weighted by atomic mass is 16.3. The Balaban J connectivity index is 2.17. The number of nitrogens with one attached hydrogen (secondary N) is 1. The number of fused-ring (bicyclic) bond motifs is 1. The molecule has 7 nitrogen and oxygen atoms in total. The van der Waals surface area contributed by atoms with Crippen LogP contribution in [0.4, 0.5) is 5.82 Å². The SMILES string of the molecule is Nc1c2c(nn1-c1cccc(O)c1)CC(=O)NC2=O. The smallest absolute Gasteiger partial charge is 0.263 e. The van der Waals surface area contributed by atoms with E-state index in [4.69, 9.17) is 5.73 Å². The average molecular weight is 258 g/mol. The summed E-state index contributed by atoms with van der Waals surface area (Å²) in [7, 11) is 0. The molecule has 1 aromatic heterocycles. The number of aromatic hydroxyl groups is 1. The lowest BCUT2D eigenvalue weighted by Crippen LogP contribution is -2.37. The number of phenols is 1. The molecule has 4 N–H and O–H groups in total. The van der Waals surface area contributed by atoms with Crippen molar-refractivity contribution in [2.24, 2.45) is 0 Å². The van der Waals surface area contributed by atoms with Crippen molar-refractivity contribution in [1.82, 2.24) is 15.1 Å². The quantitative estimate of drug-likeness (QED) is 0.622. The Kier molecular flexibility index (Phi) is 2.28. The molecule has 1 aliphatic heterocycles. The number of hydrogen-bond acceptors (Lipinski definition) is 5. The molecule has 2 heterocycles. The van der Waals surface area contributed by atoms with Gasteiger partial charge in [-0.15, -0.1) is 0 Å². The van der Waals surface area contributed by atoms with Gasteiger partial charge in [0.25, 0.3) is 5.91 Å². The van der Waals surface area contributed by atoms with Gasteiger partial charge in [0.05, 0.1) is 17.8 Å². The van der Waals surface area contributed by atoms with Gasteiger partial charge < -0.3 is 10.8 Å². The summed E-state index contributed by atoms with van der Waals surface area (Å²) in [5.74, 6) is -0.746. The van der Waals surface area contributed by atoms with E-state index in [-0.39, 0.29) is 23.6 Å². The minimum absolute atomic E-state index is 0.0110. The molecule has 0 radical (unpaired) electrons. The predicted molar refractivity (Wildman–Crippen MR) is 65.8 cm³/mol. The fourth-order valence-electron chi connectivity index (χ4n) is 2.06. The van der Waals surface area contributed by atoms with Crippen molar-refractivity contribution in [3.8, 4) is 11.4 Å². The number of imide groups is 1. The standard InChI is InChI=1S/C12H10N4O3/c13-11-10-8(5-9(18)14-12(10)19)15-16(11)6-2-1-3-7(17)4-6/h1-4,17H,5,13H2,(H,14,18,19). The summed E-state index contributed by atoms with van der Waals surface area (Å²) in [4.78, 5) is 23.0. The third kappa shape index (κ3) is 1.71. The second kappa shape index (κ2) is 3.84. The summed E-state index contributed by atoms with van der Waals surface area (Å²) in [6, 6.07) is 6.30. The topological polar surface area (TPSA) is 110 Å². The summed E-state index contributed by atoms with van der Waals surface area (Å²) in [5, 5.41) is 15.8. The van der Waals surface area contributed by atoms with Crippen molar-refractivity contribution in [3.63, 3.8) is 0 Å². The van der Waals surface area contributed by atoms with Crippen LogP contribution in [-0.2, 0) is 11.2 Å². The van der Waals surface area contributed by atoms with Crippen LogP contribution in [0.5, 0.6) is 5.75 Å². The molecule has 1 aliphatic rings. The molecule has 0 unspecified atom stereocenters. The Morgan fingerprint density at radius 2 is 2.16 bits per heavy atom. The van der Waals surface area contributed by atoms with E-state index in [9.17, 15) is 14.7 Å². The fraction of sp³-hybridized carbons (Fsp3) is 0.0833. The second-order valence-corrected chi connectivity index (χ2v) is 4.19. The van der Waals surface area contributed by atoms with Gasteiger partial charge in [-0.05, 0) is 12.1 Å². The third-order valence-electron chi connectivity index (χ3n) is 2.88. The Hall–Kier alpha value is -2.83. The van der Waals surface area contributed by atoms with Crippen LogP contribution in [0, 0.1) is 0 Å². The highest BCUT2D eigenvalue weighted by Crippen LogP contribution is 2.25. The first-order chi connectivity index (χ1) is 9.06. The second-order valence-electron chi connectivity index (χ2n) is 4.19. The van der Waals surface area contributed by atoms with Crippen molar-refractivity contribution >= 4 is 17.6 Å². The van der Waals surface area contributed by atoms with Gasteiger partial charge in [-0.2, -0.15) is 5.10 Å². The van der Waals surface area contributed by atoms with E-state index in [0.29, 0.717) is 11.4 Å². The van der Waals surface area contributed by atoms with Crippen molar-refractivity contribution < 1.29 is 14.7 Å². The summed E-state index contributed by atoms with van der Waals surface area (Å²) in [6.07, 6.45) is 0.0110. The molecule has 0 saturated heterocycles. The molecular weight excluding hydrogens is 248 g/mol. The molecule has 0 fully saturated rings. The Morgan fingerprint density at radius 1 is 1.37 bits per heavy atom. The van der Waals surface area contributed by atoms with E-state index in [1.807, 2.05) is 0 Å². The van der Waals surface area contributed by atoms with E-state index in [1.54, 1.807) is 12.1 Å². The highest BCUT2D eigenvalue weighted by molar-refractivity contribution is 6.11. The van der Waals surface area contributed by atoms with Crippen molar-refractivity contribution in [2.45, 2.75) is 6.42 Å². The number of nitrogens with zero attached hydrogens (tertiary/aromatic N) is 2. The molecule has 0 aliphatic carbocycles. The number of nitrogens with two attached hydrogens (primary N) is 1. The molecule has 3 rings (SSSR count). The van der Waals surface area contributed by atoms with Gasteiger partial charge in [-0.25, -0.2) is 4.68 Å². The van der Waals surface area contributed by atoms with Crippen LogP contribution in [0.2, 0.25) is 0 Å². The molecule has 0 atom stereocenters. The maximum atomic E-state index is 11.7. The molecule has 1 aromatic carbocycles. The lowest BCUT2D eigenvalue weighted by atomic mass is 10.1. The Bertz CT molecular complexity index is 705. The van der Waals surface area contributed by atoms with E-state index in [1.165, 1.54) is 16.8 Å². The number of carbonyl (C=O) groups is 2. The molecule has 0 saturated carbocycles. The van der Waals surface area contributed by atoms with Crippen molar-refractivity contribution in [3.05, 3.63) is 35.5 Å². The van der Waals surface area contributed by atoms with E-state index in [2.05, 4.69) is 10.4 Å². The number of carbonyl (C=O) groups excluding carboxylic acids is 2. The Morgan fingerprint density at radius 3 is 2.89 bits per heavy atom. The largest absolute Gasteiger partial charge is 0.508 e. The first-order valence-electron chi connectivity index (χ1n) is 5.57. The molecular formula is C12H10N4O3. The lowest BCUT2D eigenvalue weighted by Gasteiger charge is -2.09. The average Bonchev–Trinajstić information content (AvgIpc) is 2.66. The molecule has 2 aromatic rings. The monoisotopic (exact) mass is 258 g/mol. The minimum Gasteiger partial charge on any atom is -0.508 e. The number of hydrogen-bond donors (Lipinski definition) is 3. The highest BCUT2D eigenvalue weighted by Gasteiger charge is 2.29. The van der Waals surface area contributed by atoms with E-state index >= 15 is 0 Å². The lowest BCUT2D eigenvalue weighted by molar-refractivity contribution is -0.119. The maximum Gasteiger partial charge on any atom is 0.263 e. The van der Waals surface area contributed by atoms with Crippen LogP contribution in [0.1, 0.15) is 16.1 Å². The van der Waals surface area contributed by atoms with Crippen LogP contribution >= 0.6 is 0 Å². The van der Waals surface area contributed by atoms with Crippen LogP contribution in [0.15, 0.2) is 24.3 Å². The van der Waals surface area contributed by atoms with Crippen LogP contribution in [0.25, 0.3) is 5.69 Å². The van der Waals surface area contributed by atoms with Gasteiger partial charge in [0.15, 0.2) is 0 Å². The summed E-state index contributed by atoms with van der Waals surface area (Å²) in [5.41, 5.74) is 6.96. The normalized spacial score (nSPS) is 14.1. The summed E-state index contributed by atoms with van der Waals surface area (Å²) < 4.78 is 1.34. The first-order valence-corrected chi connectivity index (χ1v) is 5.57. The van der Waals surface area contributed by atoms with Gasteiger partial charge in [-0.1, -0.05) is 6.07 Å². The molecule has 2 amide bonds. The zero-order valence-corrected chi connectivity index (χ0v) is 9.75. The van der Waals surface area contributed by atoms with Crippen molar-refractivity contribution in [1.29, 1.82) is 0 Å². The van der Waals surface area contributed by atoms with Crippen LogP contribution in [-0.4, -0.2) is 26.7 Å². The number of amides is 2. The van der Waals surface area contributed by atoms with Gasteiger partial charge >= 0.3 is 0 Å². The van der Waals surface area contributed by atoms with E-state index in [0.717, 1.165) is 0 Å². The van der Waals surface area contributed by atoms with E-state index < -0.39 is 11.8 Å². The molecule has 0 bridgehead atoms. The summed E-state index contributed by atoms with van der Waals surface area (Å²) in [6.45, 7) is 0. The first kappa shape index (κ1) is 11.3. The number of nitrogen functional groups attached to an aromatic ring is 1. The maximum absolute atomic E-state index is 11.7. The van der Waals surface area contributed by atoms with Crippen LogP contribution < -0.4 is 11.1 Å². The van der Waals surface area contributed by atoms with Gasteiger partial charge in [0, 0.05) is 6.07 Å². The van der Waals surface area contributed by atoms with Crippen LogP contribution in [0.3, 0.4) is 0 Å². The number of benzene rings is 1. The number of phenolic OH excluding ortho intramolecular Hbond substituents is 1. The number of anilines is 1. The number of rotatable bonds is 1. The zero-order valence-electron chi connectivity index (χ0n) is 9.75. The molecule has 7 heteroatoms. The van der Waals surface area contributed by atoms with Gasteiger partial charge in [0.1, 0.15) is 17.1 Å². The minimum atomic E-state index is -0.546. The van der Waals surface area contributed by atoms with Crippen molar-refractivity contribution in [2.75, 3.05) is 5.73 Å². The Labute approximate surface area is 107 Å². The third-order valence-corrected chi connectivity index (χ3v) is 2.88.